The summed E-state index contributed by atoms with van der Waals surface area (Å²) in [4.78, 5) is 31.6. The maximum Gasteiger partial charge on any atom is 0.262 e. The van der Waals surface area contributed by atoms with Crippen molar-refractivity contribution < 1.29 is 4.79 Å². The first-order valence-corrected chi connectivity index (χ1v) is 9.43. The molecular formula is C20H21N3O2S. The van der Waals surface area contributed by atoms with Crippen LogP contribution in [-0.2, 0) is 4.79 Å². The van der Waals surface area contributed by atoms with Crippen LogP contribution in [0, 0.1) is 0 Å². The Morgan fingerprint density at radius 1 is 1.12 bits per heavy atom. The van der Waals surface area contributed by atoms with Gasteiger partial charge in [0.1, 0.15) is 0 Å². The molecular weight excluding hydrogens is 346 g/mol. The Balaban J connectivity index is 1.87. The molecule has 0 fully saturated rings. The highest BCUT2D eigenvalue weighted by molar-refractivity contribution is 7.99. The van der Waals surface area contributed by atoms with E-state index in [1.165, 1.54) is 11.8 Å². The average molecular weight is 367 g/mol. The van der Waals surface area contributed by atoms with Crippen LogP contribution >= 0.6 is 11.8 Å². The second-order valence-electron chi connectivity index (χ2n) is 6.26. The summed E-state index contributed by atoms with van der Waals surface area (Å²) in [6, 6.07) is 16.7. The van der Waals surface area contributed by atoms with E-state index in [9.17, 15) is 9.59 Å². The lowest BCUT2D eigenvalue weighted by molar-refractivity contribution is -0.115. The number of aromatic nitrogens is 2. The van der Waals surface area contributed by atoms with Crippen LogP contribution in [0.5, 0.6) is 0 Å². The SMILES string of the molecule is CC(C)n1c(SCC(=O)N(C)c2ccccc2)nc2ccccc2c1=O. The Hall–Kier alpha value is -2.60. The molecule has 0 aliphatic heterocycles. The summed E-state index contributed by atoms with van der Waals surface area (Å²) >= 11 is 1.30. The molecule has 0 unspecified atom stereocenters. The number of para-hydroxylation sites is 2. The Kier molecular flexibility index (Phi) is 5.42. The predicted molar refractivity (Wildman–Crippen MR) is 107 cm³/mol. The lowest BCUT2D eigenvalue weighted by atomic mass is 10.2. The second kappa shape index (κ2) is 7.74. The van der Waals surface area contributed by atoms with Gasteiger partial charge < -0.3 is 4.90 Å². The summed E-state index contributed by atoms with van der Waals surface area (Å²) < 4.78 is 1.66. The molecule has 0 spiro atoms. The number of hydrogen-bond acceptors (Lipinski definition) is 4. The third-order valence-corrected chi connectivity index (χ3v) is 5.07. The average Bonchev–Trinajstić information content (AvgIpc) is 2.66. The summed E-state index contributed by atoms with van der Waals surface area (Å²) in [5.41, 5.74) is 1.42. The third kappa shape index (κ3) is 3.65. The van der Waals surface area contributed by atoms with E-state index in [2.05, 4.69) is 4.98 Å². The number of benzene rings is 2. The number of amides is 1. The monoisotopic (exact) mass is 367 g/mol. The van der Waals surface area contributed by atoms with Crippen LogP contribution in [0.4, 0.5) is 5.69 Å². The molecule has 1 aromatic heterocycles. The number of carbonyl (C=O) groups excluding carboxylic acids is 1. The van der Waals surface area contributed by atoms with Crippen molar-refractivity contribution >= 4 is 34.3 Å². The van der Waals surface area contributed by atoms with Gasteiger partial charge in [0.25, 0.3) is 5.56 Å². The maximum absolute atomic E-state index is 12.8. The summed E-state index contributed by atoms with van der Waals surface area (Å²) in [6.45, 7) is 3.89. The number of rotatable bonds is 5. The zero-order valence-electron chi connectivity index (χ0n) is 15.0. The third-order valence-electron chi connectivity index (χ3n) is 4.13. The van der Waals surface area contributed by atoms with Gasteiger partial charge in [0, 0.05) is 18.8 Å². The van der Waals surface area contributed by atoms with E-state index < -0.39 is 0 Å². The number of thioether (sulfide) groups is 1. The first-order chi connectivity index (χ1) is 12.5. The Labute approximate surface area is 156 Å². The lowest BCUT2D eigenvalue weighted by Gasteiger charge is -2.19. The van der Waals surface area contributed by atoms with Crippen LogP contribution in [0.25, 0.3) is 10.9 Å². The standard InChI is InChI=1S/C20H21N3O2S/c1-14(2)23-19(25)16-11-7-8-12-17(16)21-20(23)26-13-18(24)22(3)15-9-5-4-6-10-15/h4-12,14H,13H2,1-3H3. The van der Waals surface area contributed by atoms with Crippen molar-refractivity contribution in [2.45, 2.75) is 25.0 Å². The highest BCUT2D eigenvalue weighted by Crippen LogP contribution is 2.22. The van der Waals surface area contributed by atoms with Crippen molar-refractivity contribution in [3.8, 4) is 0 Å². The molecule has 1 amide bonds. The maximum atomic E-state index is 12.8. The zero-order valence-corrected chi connectivity index (χ0v) is 15.9. The minimum atomic E-state index is -0.0723. The molecule has 1 heterocycles. The molecule has 0 radical (unpaired) electrons. The molecule has 0 N–H and O–H groups in total. The summed E-state index contributed by atoms with van der Waals surface area (Å²) in [7, 11) is 1.75. The van der Waals surface area contributed by atoms with E-state index in [0.29, 0.717) is 16.1 Å². The Morgan fingerprint density at radius 2 is 1.77 bits per heavy atom. The van der Waals surface area contributed by atoms with Gasteiger partial charge in [0.2, 0.25) is 5.91 Å². The van der Waals surface area contributed by atoms with E-state index >= 15 is 0 Å². The molecule has 6 heteroatoms. The molecule has 0 saturated carbocycles. The number of carbonyl (C=O) groups is 1. The lowest BCUT2D eigenvalue weighted by Crippen LogP contribution is -2.29. The van der Waals surface area contributed by atoms with E-state index in [0.717, 1.165) is 5.69 Å². The summed E-state index contributed by atoms with van der Waals surface area (Å²) in [5.74, 6) is 0.169. The fourth-order valence-electron chi connectivity index (χ4n) is 2.70. The van der Waals surface area contributed by atoms with Gasteiger partial charge in [-0.1, -0.05) is 42.1 Å². The highest BCUT2D eigenvalue weighted by atomic mass is 32.2. The quantitative estimate of drug-likeness (QED) is 0.509. The fourth-order valence-corrected chi connectivity index (χ4v) is 3.74. The number of hydrogen-bond donors (Lipinski definition) is 0. The summed E-state index contributed by atoms with van der Waals surface area (Å²) in [5, 5.41) is 1.16. The van der Waals surface area contributed by atoms with Crippen molar-refractivity contribution in [3.63, 3.8) is 0 Å². The molecule has 26 heavy (non-hydrogen) atoms. The van der Waals surface area contributed by atoms with Crippen LogP contribution in [0.2, 0.25) is 0 Å². The van der Waals surface area contributed by atoms with Crippen molar-refractivity contribution in [1.82, 2.24) is 9.55 Å². The molecule has 0 aliphatic rings. The van der Waals surface area contributed by atoms with E-state index in [1.54, 1.807) is 22.6 Å². The molecule has 2 aromatic carbocycles. The van der Waals surface area contributed by atoms with Crippen molar-refractivity contribution in [2.75, 3.05) is 17.7 Å². The number of anilines is 1. The molecule has 0 bridgehead atoms. The molecule has 0 saturated heterocycles. The first kappa shape index (κ1) is 18.2. The van der Waals surface area contributed by atoms with Crippen LogP contribution in [-0.4, -0.2) is 28.3 Å². The topological polar surface area (TPSA) is 55.2 Å². The fraction of sp³-hybridized carbons (Fsp3) is 0.250. The molecule has 0 atom stereocenters. The van der Waals surface area contributed by atoms with E-state index in [1.807, 2.05) is 62.4 Å². The van der Waals surface area contributed by atoms with Crippen molar-refractivity contribution in [3.05, 3.63) is 65.0 Å². The van der Waals surface area contributed by atoms with Gasteiger partial charge in [-0.15, -0.1) is 0 Å². The van der Waals surface area contributed by atoms with Gasteiger partial charge in [-0.2, -0.15) is 0 Å². The van der Waals surface area contributed by atoms with Crippen LogP contribution in [0.15, 0.2) is 64.5 Å². The van der Waals surface area contributed by atoms with Gasteiger partial charge >= 0.3 is 0 Å². The predicted octanol–water partition coefficient (Wildman–Crippen LogP) is 3.73. The van der Waals surface area contributed by atoms with Gasteiger partial charge in [-0.05, 0) is 38.1 Å². The van der Waals surface area contributed by atoms with Crippen molar-refractivity contribution in [2.24, 2.45) is 0 Å². The van der Waals surface area contributed by atoms with Gasteiger partial charge in [0.05, 0.1) is 16.7 Å². The van der Waals surface area contributed by atoms with E-state index in [-0.39, 0.29) is 23.3 Å². The van der Waals surface area contributed by atoms with Gasteiger partial charge in [0.15, 0.2) is 5.16 Å². The smallest absolute Gasteiger partial charge is 0.262 e. The van der Waals surface area contributed by atoms with Gasteiger partial charge in [-0.25, -0.2) is 4.98 Å². The summed E-state index contributed by atoms with van der Waals surface area (Å²) in [6.07, 6.45) is 0. The normalized spacial score (nSPS) is 11.1. The van der Waals surface area contributed by atoms with Crippen LogP contribution < -0.4 is 10.5 Å². The molecule has 0 aliphatic carbocycles. The second-order valence-corrected chi connectivity index (χ2v) is 7.20. The van der Waals surface area contributed by atoms with Crippen LogP contribution in [0.3, 0.4) is 0 Å². The highest BCUT2D eigenvalue weighted by Gasteiger charge is 2.17. The van der Waals surface area contributed by atoms with E-state index in [4.69, 9.17) is 0 Å². The number of fused-ring (bicyclic) bond motifs is 1. The molecule has 3 aromatic rings. The first-order valence-electron chi connectivity index (χ1n) is 8.44. The largest absolute Gasteiger partial charge is 0.315 e. The van der Waals surface area contributed by atoms with Crippen LogP contribution in [0.1, 0.15) is 19.9 Å². The Morgan fingerprint density at radius 3 is 2.46 bits per heavy atom. The molecule has 5 nitrogen and oxygen atoms in total. The van der Waals surface area contributed by atoms with Gasteiger partial charge in [-0.3, -0.25) is 14.2 Å². The zero-order chi connectivity index (χ0) is 18.7. The Bertz CT molecular complexity index is 983. The molecule has 3 rings (SSSR count). The number of nitrogens with zero attached hydrogens (tertiary/aromatic N) is 3. The van der Waals surface area contributed by atoms with Crippen molar-refractivity contribution in [1.29, 1.82) is 0 Å². The minimum absolute atomic E-state index is 0.0379. The molecule has 134 valence electrons. The minimum Gasteiger partial charge on any atom is -0.315 e.